The molecule has 0 unspecified atom stereocenters. The number of urea groups is 1. The molecule has 0 spiro atoms. The fourth-order valence-electron chi connectivity index (χ4n) is 1.87. The average molecular weight is 249 g/mol. The van der Waals surface area contributed by atoms with Crippen molar-refractivity contribution < 1.29 is 9.59 Å². The van der Waals surface area contributed by atoms with Crippen LogP contribution in [0.4, 0.5) is 4.79 Å². The number of rotatable bonds is 3. The number of hydrogen-bond donors (Lipinski definition) is 2. The maximum atomic E-state index is 11.4. The molecule has 5 heteroatoms. The van der Waals surface area contributed by atoms with E-state index in [1.807, 2.05) is 13.8 Å². The quantitative estimate of drug-likeness (QED) is 0.753. The van der Waals surface area contributed by atoms with E-state index in [1.54, 1.807) is 0 Å². The summed E-state index contributed by atoms with van der Waals surface area (Å²) in [5.41, 5.74) is -0.262. The van der Waals surface area contributed by atoms with Crippen molar-refractivity contribution in [2.75, 3.05) is 5.88 Å². The van der Waals surface area contributed by atoms with Crippen LogP contribution in [0.3, 0.4) is 0 Å². The summed E-state index contributed by atoms with van der Waals surface area (Å²) in [6.45, 7) is 10.1. The number of carbonyl (C=O) groups is 2. The second-order valence-electron chi connectivity index (χ2n) is 5.76. The van der Waals surface area contributed by atoms with E-state index in [0.29, 0.717) is 0 Å². The lowest BCUT2D eigenvalue weighted by molar-refractivity contribution is -0.117. The number of amides is 3. The van der Waals surface area contributed by atoms with Crippen LogP contribution in [-0.4, -0.2) is 23.4 Å². The summed E-state index contributed by atoms with van der Waals surface area (Å²) in [5.74, 6) is -0.710. The molecule has 0 rings (SSSR count). The molecule has 0 radical (unpaired) electrons. The van der Waals surface area contributed by atoms with Gasteiger partial charge in [0.05, 0.1) is 0 Å². The number of carbonyl (C=O) groups excluding carboxylic acids is 2. The van der Waals surface area contributed by atoms with Crippen LogP contribution < -0.4 is 10.6 Å². The van der Waals surface area contributed by atoms with Gasteiger partial charge in [0.1, 0.15) is 5.88 Å². The van der Waals surface area contributed by atoms with Crippen LogP contribution in [0, 0.1) is 5.41 Å². The van der Waals surface area contributed by atoms with Gasteiger partial charge in [-0.3, -0.25) is 10.1 Å². The molecule has 0 fully saturated rings. The second-order valence-corrected chi connectivity index (χ2v) is 6.02. The molecule has 0 heterocycles. The zero-order valence-corrected chi connectivity index (χ0v) is 11.4. The van der Waals surface area contributed by atoms with E-state index in [9.17, 15) is 9.59 Å². The molecule has 3 amide bonds. The molecule has 16 heavy (non-hydrogen) atoms. The van der Waals surface area contributed by atoms with Gasteiger partial charge in [0.25, 0.3) is 0 Å². The highest BCUT2D eigenvalue weighted by Gasteiger charge is 2.27. The summed E-state index contributed by atoms with van der Waals surface area (Å²) < 4.78 is 0. The molecule has 0 aromatic heterocycles. The number of halogens is 1. The lowest BCUT2D eigenvalue weighted by Crippen LogP contribution is -2.51. The van der Waals surface area contributed by atoms with Gasteiger partial charge in [-0.2, -0.15) is 0 Å². The molecule has 4 nitrogen and oxygen atoms in total. The minimum atomic E-state index is -0.500. The third kappa shape index (κ3) is 7.51. The first-order valence-corrected chi connectivity index (χ1v) is 5.77. The van der Waals surface area contributed by atoms with Crippen LogP contribution in [0.15, 0.2) is 0 Å². The zero-order chi connectivity index (χ0) is 13.0. The smallest absolute Gasteiger partial charge is 0.321 e. The van der Waals surface area contributed by atoms with E-state index in [1.165, 1.54) is 0 Å². The summed E-state index contributed by atoms with van der Waals surface area (Å²) in [5, 5.41) is 4.90. The Hall–Kier alpha value is -0.770. The first-order chi connectivity index (χ1) is 7.06. The van der Waals surface area contributed by atoms with E-state index in [4.69, 9.17) is 11.6 Å². The van der Waals surface area contributed by atoms with Crippen LogP contribution in [0.2, 0.25) is 0 Å². The van der Waals surface area contributed by atoms with E-state index < -0.39 is 11.9 Å². The van der Waals surface area contributed by atoms with Gasteiger partial charge in [0, 0.05) is 5.54 Å². The highest BCUT2D eigenvalue weighted by Crippen LogP contribution is 2.26. The van der Waals surface area contributed by atoms with Gasteiger partial charge in [-0.25, -0.2) is 4.79 Å². The molecular formula is C11H21ClN2O2. The van der Waals surface area contributed by atoms with E-state index in [2.05, 4.69) is 31.4 Å². The Kier molecular flexibility index (Phi) is 5.26. The Bertz CT molecular complexity index is 270. The molecule has 0 bridgehead atoms. The average Bonchev–Trinajstić information content (AvgIpc) is 1.97. The third-order valence-electron chi connectivity index (χ3n) is 1.80. The predicted molar refractivity (Wildman–Crippen MR) is 65.5 cm³/mol. The topological polar surface area (TPSA) is 58.2 Å². The lowest BCUT2D eigenvalue weighted by Gasteiger charge is -2.33. The van der Waals surface area contributed by atoms with Gasteiger partial charge < -0.3 is 5.32 Å². The fraction of sp³-hybridized carbons (Fsp3) is 0.818. The van der Waals surface area contributed by atoms with Crippen LogP contribution in [0.1, 0.15) is 41.0 Å². The van der Waals surface area contributed by atoms with Gasteiger partial charge in [-0.1, -0.05) is 20.8 Å². The van der Waals surface area contributed by atoms with Crippen LogP contribution in [0.5, 0.6) is 0 Å². The van der Waals surface area contributed by atoms with Gasteiger partial charge >= 0.3 is 6.03 Å². The number of imide groups is 1. The Labute approximate surface area is 102 Å². The molecular weight excluding hydrogens is 228 g/mol. The van der Waals surface area contributed by atoms with Crippen LogP contribution in [0.25, 0.3) is 0 Å². The van der Waals surface area contributed by atoms with Crippen molar-refractivity contribution in [2.24, 2.45) is 5.41 Å². The second kappa shape index (κ2) is 5.53. The van der Waals surface area contributed by atoms with Crippen molar-refractivity contribution in [1.29, 1.82) is 0 Å². The summed E-state index contributed by atoms with van der Waals surface area (Å²) in [4.78, 5) is 22.3. The molecule has 0 aliphatic heterocycles. The molecule has 0 aromatic rings. The van der Waals surface area contributed by atoms with Crippen LogP contribution >= 0.6 is 11.6 Å². The Morgan fingerprint density at radius 3 is 2.00 bits per heavy atom. The van der Waals surface area contributed by atoms with E-state index >= 15 is 0 Å². The van der Waals surface area contributed by atoms with Crippen molar-refractivity contribution in [1.82, 2.24) is 10.6 Å². The molecule has 0 aromatic carbocycles. The number of alkyl halides is 1. The highest BCUT2D eigenvalue weighted by molar-refractivity contribution is 6.28. The van der Waals surface area contributed by atoms with Crippen molar-refractivity contribution in [3.8, 4) is 0 Å². The maximum absolute atomic E-state index is 11.4. The number of hydrogen-bond acceptors (Lipinski definition) is 2. The molecule has 0 atom stereocenters. The molecule has 0 saturated carbocycles. The SMILES string of the molecule is CC(C)(C)CC(C)(C)NC(=O)NC(=O)CCl. The molecule has 2 N–H and O–H groups in total. The monoisotopic (exact) mass is 248 g/mol. The minimum Gasteiger partial charge on any atom is -0.333 e. The van der Waals surface area contributed by atoms with Crippen LogP contribution in [-0.2, 0) is 4.79 Å². The van der Waals surface area contributed by atoms with E-state index in [-0.39, 0.29) is 16.8 Å². The molecule has 0 saturated heterocycles. The Morgan fingerprint density at radius 1 is 1.12 bits per heavy atom. The molecule has 94 valence electrons. The predicted octanol–water partition coefficient (Wildman–Crippen LogP) is 2.27. The summed E-state index contributed by atoms with van der Waals surface area (Å²) in [7, 11) is 0. The lowest BCUT2D eigenvalue weighted by atomic mass is 9.82. The molecule has 0 aliphatic rings. The number of nitrogens with one attached hydrogen (secondary N) is 2. The van der Waals surface area contributed by atoms with Crippen molar-refractivity contribution in [2.45, 2.75) is 46.6 Å². The first kappa shape index (κ1) is 15.2. The normalized spacial score (nSPS) is 12.1. The summed E-state index contributed by atoms with van der Waals surface area (Å²) in [6, 6.07) is -0.500. The zero-order valence-electron chi connectivity index (χ0n) is 10.6. The Balaban J connectivity index is 4.26. The Morgan fingerprint density at radius 2 is 1.62 bits per heavy atom. The van der Waals surface area contributed by atoms with E-state index in [0.717, 1.165) is 6.42 Å². The highest BCUT2D eigenvalue weighted by atomic mass is 35.5. The van der Waals surface area contributed by atoms with Gasteiger partial charge in [0.2, 0.25) is 5.91 Å². The van der Waals surface area contributed by atoms with Gasteiger partial charge in [0.15, 0.2) is 0 Å². The van der Waals surface area contributed by atoms with Crippen molar-refractivity contribution in [3.63, 3.8) is 0 Å². The van der Waals surface area contributed by atoms with Crippen molar-refractivity contribution in [3.05, 3.63) is 0 Å². The first-order valence-electron chi connectivity index (χ1n) is 5.24. The van der Waals surface area contributed by atoms with Gasteiger partial charge in [-0.15, -0.1) is 11.6 Å². The fourth-order valence-corrected chi connectivity index (χ4v) is 1.94. The van der Waals surface area contributed by atoms with Gasteiger partial charge in [-0.05, 0) is 25.7 Å². The summed E-state index contributed by atoms with van der Waals surface area (Å²) >= 11 is 5.28. The largest absolute Gasteiger partial charge is 0.333 e. The standard InChI is InChI=1S/C11H21ClN2O2/c1-10(2,3)7-11(4,5)14-9(16)13-8(15)6-12/h6-7H2,1-5H3,(H2,13,14,15,16). The summed E-state index contributed by atoms with van der Waals surface area (Å²) in [6.07, 6.45) is 0.808. The maximum Gasteiger partial charge on any atom is 0.321 e. The minimum absolute atomic E-state index is 0.104. The molecule has 0 aliphatic carbocycles. The van der Waals surface area contributed by atoms with Crippen molar-refractivity contribution >= 4 is 23.5 Å². The third-order valence-corrected chi connectivity index (χ3v) is 2.04.